The van der Waals surface area contributed by atoms with Crippen LogP contribution in [0.1, 0.15) is 36.0 Å². The van der Waals surface area contributed by atoms with E-state index in [0.717, 1.165) is 41.3 Å². The lowest BCUT2D eigenvalue weighted by atomic mass is 9.92. The number of carbonyl (C=O) groups is 1. The van der Waals surface area contributed by atoms with Crippen molar-refractivity contribution in [2.75, 3.05) is 0 Å². The lowest BCUT2D eigenvalue weighted by molar-refractivity contribution is 0.103. The Morgan fingerprint density at radius 3 is 2.83 bits per heavy atom. The Hall–Kier alpha value is -1.96. The van der Waals surface area contributed by atoms with E-state index in [1.165, 1.54) is 6.42 Å². The van der Waals surface area contributed by atoms with Crippen LogP contribution in [0.3, 0.4) is 0 Å². The minimum Gasteiger partial charge on any atom is -0.289 e. The zero-order valence-corrected chi connectivity index (χ0v) is 10.2. The van der Waals surface area contributed by atoms with Gasteiger partial charge in [0, 0.05) is 17.1 Å². The molecule has 0 saturated carbocycles. The maximum absolute atomic E-state index is 12.5. The summed E-state index contributed by atoms with van der Waals surface area (Å²) in [4.78, 5) is 16.8. The fourth-order valence-corrected chi connectivity index (χ4v) is 2.51. The minimum absolute atomic E-state index is 0.174. The van der Waals surface area contributed by atoms with Crippen molar-refractivity contribution in [3.63, 3.8) is 0 Å². The molecule has 1 aliphatic carbocycles. The zero-order valence-electron chi connectivity index (χ0n) is 10.2. The molecule has 0 saturated heterocycles. The lowest BCUT2D eigenvalue weighted by Crippen LogP contribution is -2.07. The summed E-state index contributed by atoms with van der Waals surface area (Å²) in [5.41, 5.74) is 2.64. The highest BCUT2D eigenvalue weighted by Crippen LogP contribution is 2.24. The Labute approximate surface area is 106 Å². The third kappa shape index (κ3) is 1.94. The van der Waals surface area contributed by atoms with Gasteiger partial charge < -0.3 is 0 Å². The number of ketones is 1. The summed E-state index contributed by atoms with van der Waals surface area (Å²) in [6, 6.07) is 9.65. The molecule has 0 unspecified atom stereocenters. The van der Waals surface area contributed by atoms with Gasteiger partial charge in [0.05, 0.1) is 5.52 Å². The molecule has 0 amide bonds. The van der Waals surface area contributed by atoms with Crippen molar-refractivity contribution >= 4 is 16.7 Å². The Morgan fingerprint density at radius 2 is 2.00 bits per heavy atom. The van der Waals surface area contributed by atoms with E-state index in [1.54, 1.807) is 6.20 Å². The molecule has 3 rings (SSSR count). The van der Waals surface area contributed by atoms with Crippen LogP contribution in [0.25, 0.3) is 10.9 Å². The molecule has 2 nitrogen and oxygen atoms in total. The number of nitrogens with zero attached hydrogens (tertiary/aromatic N) is 1. The molecule has 0 atom stereocenters. The van der Waals surface area contributed by atoms with Crippen LogP contribution in [0.5, 0.6) is 0 Å². The number of rotatable bonds is 2. The minimum atomic E-state index is 0.174. The van der Waals surface area contributed by atoms with E-state index >= 15 is 0 Å². The van der Waals surface area contributed by atoms with Crippen LogP contribution in [0.2, 0.25) is 0 Å². The fraction of sp³-hybridized carbons (Fsp3) is 0.250. The largest absolute Gasteiger partial charge is 0.289 e. The molecule has 0 spiro atoms. The maximum atomic E-state index is 12.5. The summed E-state index contributed by atoms with van der Waals surface area (Å²) >= 11 is 0. The molecule has 0 N–H and O–H groups in total. The van der Waals surface area contributed by atoms with E-state index in [-0.39, 0.29) is 5.78 Å². The number of Topliss-reactive ketones (excluding diaryl/α,β-unsaturated/α-hetero) is 1. The van der Waals surface area contributed by atoms with Gasteiger partial charge in [-0.15, -0.1) is 0 Å². The first-order valence-corrected chi connectivity index (χ1v) is 6.44. The highest BCUT2D eigenvalue weighted by Gasteiger charge is 2.16. The summed E-state index contributed by atoms with van der Waals surface area (Å²) in [6.45, 7) is 0. The Morgan fingerprint density at radius 1 is 1.11 bits per heavy atom. The van der Waals surface area contributed by atoms with Crippen LogP contribution in [0.15, 0.2) is 48.2 Å². The number of pyridine rings is 1. The normalized spacial score (nSPS) is 15.4. The van der Waals surface area contributed by atoms with Crippen LogP contribution in [-0.4, -0.2) is 10.8 Å². The van der Waals surface area contributed by atoms with Gasteiger partial charge in [0.25, 0.3) is 0 Å². The molecule has 1 aliphatic rings. The quantitative estimate of drug-likeness (QED) is 0.741. The molecule has 1 aromatic carbocycles. The van der Waals surface area contributed by atoms with Crippen molar-refractivity contribution in [3.8, 4) is 0 Å². The second-order valence-electron chi connectivity index (χ2n) is 4.68. The van der Waals surface area contributed by atoms with Crippen LogP contribution in [0, 0.1) is 0 Å². The fourth-order valence-electron chi connectivity index (χ4n) is 2.51. The molecule has 2 aromatic rings. The molecule has 90 valence electrons. The van der Waals surface area contributed by atoms with Gasteiger partial charge in [0.15, 0.2) is 5.78 Å². The van der Waals surface area contributed by atoms with Gasteiger partial charge in [0.1, 0.15) is 0 Å². The predicted molar refractivity (Wildman–Crippen MR) is 72.6 cm³/mol. The number of allylic oxidation sites excluding steroid dienone is 2. The van der Waals surface area contributed by atoms with Crippen LogP contribution < -0.4 is 0 Å². The third-order valence-corrected chi connectivity index (χ3v) is 3.48. The van der Waals surface area contributed by atoms with Crippen molar-refractivity contribution in [1.29, 1.82) is 0 Å². The van der Waals surface area contributed by atoms with E-state index in [1.807, 2.05) is 30.3 Å². The first-order valence-electron chi connectivity index (χ1n) is 6.44. The van der Waals surface area contributed by atoms with Gasteiger partial charge >= 0.3 is 0 Å². The average molecular weight is 237 g/mol. The van der Waals surface area contributed by atoms with Crippen molar-refractivity contribution in [1.82, 2.24) is 4.98 Å². The van der Waals surface area contributed by atoms with Gasteiger partial charge in [-0.3, -0.25) is 9.78 Å². The van der Waals surface area contributed by atoms with Crippen molar-refractivity contribution in [2.45, 2.75) is 25.7 Å². The Kier molecular flexibility index (Phi) is 2.93. The third-order valence-electron chi connectivity index (χ3n) is 3.48. The van der Waals surface area contributed by atoms with Crippen molar-refractivity contribution in [3.05, 3.63) is 53.7 Å². The molecule has 1 heterocycles. The summed E-state index contributed by atoms with van der Waals surface area (Å²) in [7, 11) is 0. The average Bonchev–Trinajstić information content (AvgIpc) is 2.47. The molecule has 18 heavy (non-hydrogen) atoms. The van der Waals surface area contributed by atoms with Crippen LogP contribution >= 0.6 is 0 Å². The number of aromatic nitrogens is 1. The highest BCUT2D eigenvalue weighted by atomic mass is 16.1. The van der Waals surface area contributed by atoms with E-state index < -0.39 is 0 Å². The summed E-state index contributed by atoms with van der Waals surface area (Å²) < 4.78 is 0. The van der Waals surface area contributed by atoms with Gasteiger partial charge in [-0.05, 0) is 43.4 Å². The molecule has 0 aliphatic heterocycles. The molecule has 0 bridgehead atoms. The number of benzene rings is 1. The number of para-hydroxylation sites is 1. The van der Waals surface area contributed by atoms with E-state index in [4.69, 9.17) is 0 Å². The first kappa shape index (κ1) is 11.1. The van der Waals surface area contributed by atoms with Crippen LogP contribution in [-0.2, 0) is 0 Å². The summed E-state index contributed by atoms with van der Waals surface area (Å²) in [5.74, 6) is 0.174. The summed E-state index contributed by atoms with van der Waals surface area (Å²) in [5, 5.41) is 0.955. The second-order valence-corrected chi connectivity index (χ2v) is 4.68. The number of hydrogen-bond acceptors (Lipinski definition) is 2. The van der Waals surface area contributed by atoms with E-state index in [0.29, 0.717) is 0 Å². The zero-order chi connectivity index (χ0) is 12.4. The van der Waals surface area contributed by atoms with Gasteiger partial charge in [-0.2, -0.15) is 0 Å². The summed E-state index contributed by atoms with van der Waals surface area (Å²) in [6.07, 6.45) is 8.09. The van der Waals surface area contributed by atoms with Gasteiger partial charge in [0.2, 0.25) is 0 Å². The lowest BCUT2D eigenvalue weighted by Gasteiger charge is -2.12. The Balaban J connectivity index is 2.09. The van der Waals surface area contributed by atoms with Gasteiger partial charge in [-0.1, -0.05) is 24.3 Å². The molecule has 0 radical (unpaired) electrons. The topological polar surface area (TPSA) is 30.0 Å². The second kappa shape index (κ2) is 4.73. The van der Waals surface area contributed by atoms with Crippen molar-refractivity contribution in [2.24, 2.45) is 0 Å². The SMILES string of the molecule is O=C(C1=CCCCC1)c1ccnc2ccccc12. The first-order chi connectivity index (χ1) is 8.86. The number of carbonyl (C=O) groups excluding carboxylic acids is 1. The smallest absolute Gasteiger partial charge is 0.189 e. The predicted octanol–water partition coefficient (Wildman–Crippen LogP) is 3.92. The monoisotopic (exact) mass is 237 g/mol. The van der Waals surface area contributed by atoms with E-state index in [2.05, 4.69) is 11.1 Å². The maximum Gasteiger partial charge on any atom is 0.189 e. The molecular weight excluding hydrogens is 222 g/mol. The van der Waals surface area contributed by atoms with E-state index in [9.17, 15) is 4.79 Å². The molecular formula is C16H15NO. The number of fused-ring (bicyclic) bond motifs is 1. The highest BCUT2D eigenvalue weighted by molar-refractivity contribution is 6.15. The molecule has 2 heteroatoms. The number of hydrogen-bond donors (Lipinski definition) is 0. The molecule has 0 fully saturated rings. The molecule has 1 aromatic heterocycles. The Bertz CT molecular complexity index is 623. The standard InChI is InChI=1S/C16H15NO/c18-16(12-6-2-1-3-7-12)14-10-11-17-15-9-5-4-8-13(14)15/h4-6,8-11H,1-3,7H2. The van der Waals surface area contributed by atoms with Gasteiger partial charge in [-0.25, -0.2) is 0 Å². The van der Waals surface area contributed by atoms with Crippen LogP contribution in [0.4, 0.5) is 0 Å². The van der Waals surface area contributed by atoms with Crippen molar-refractivity contribution < 1.29 is 4.79 Å².